The summed E-state index contributed by atoms with van der Waals surface area (Å²) in [6.45, 7) is 11.0. The van der Waals surface area contributed by atoms with Gasteiger partial charge in [-0.2, -0.15) is 0 Å². The van der Waals surface area contributed by atoms with E-state index in [1.807, 2.05) is 6.20 Å². The van der Waals surface area contributed by atoms with Crippen LogP contribution in [0.1, 0.15) is 46.8 Å². The summed E-state index contributed by atoms with van der Waals surface area (Å²) in [5.41, 5.74) is 2.68. The van der Waals surface area contributed by atoms with Crippen LogP contribution in [0.3, 0.4) is 0 Å². The number of aromatic nitrogens is 1. The Morgan fingerprint density at radius 2 is 1.89 bits per heavy atom. The van der Waals surface area contributed by atoms with Crippen molar-refractivity contribution in [1.82, 2.24) is 20.5 Å². The van der Waals surface area contributed by atoms with E-state index in [0.29, 0.717) is 12.6 Å². The molecule has 2 N–H and O–H groups in total. The molecule has 0 radical (unpaired) electrons. The Morgan fingerprint density at radius 1 is 1.18 bits per heavy atom. The molecule has 28 heavy (non-hydrogen) atoms. The lowest BCUT2D eigenvalue weighted by Gasteiger charge is -2.29. The number of benzene rings is 1. The number of nitrogens with one attached hydrogen (secondary N) is 2. The Kier molecular flexibility index (Phi) is 9.67. The SMILES string of the molecule is CCNC(=NCc1ncc(C)s1)NCC(c1ccc(C)cc1)N1CCCC1.I. The van der Waals surface area contributed by atoms with Gasteiger partial charge in [-0.1, -0.05) is 29.8 Å². The maximum absolute atomic E-state index is 4.73. The molecular weight excluding hydrogens is 481 g/mol. The second-order valence-electron chi connectivity index (χ2n) is 7.11. The highest BCUT2D eigenvalue weighted by molar-refractivity contribution is 14.0. The lowest BCUT2D eigenvalue weighted by atomic mass is 10.0. The molecular formula is C21H32IN5S. The standard InChI is InChI=1S/C21H31N5S.HI/c1-4-22-21(25-15-20-23-13-17(3)27-20)24-14-19(26-11-5-6-12-26)18-9-7-16(2)8-10-18;/h7-10,13,19H,4-6,11-12,14-15H2,1-3H3,(H2,22,24,25);1H. The summed E-state index contributed by atoms with van der Waals surface area (Å²) in [7, 11) is 0. The molecule has 0 saturated carbocycles. The van der Waals surface area contributed by atoms with Gasteiger partial charge in [-0.15, -0.1) is 35.3 Å². The second kappa shape index (κ2) is 11.7. The molecule has 5 nitrogen and oxygen atoms in total. The highest BCUT2D eigenvalue weighted by atomic mass is 127. The lowest BCUT2D eigenvalue weighted by Crippen LogP contribution is -2.42. The highest BCUT2D eigenvalue weighted by Crippen LogP contribution is 2.25. The van der Waals surface area contributed by atoms with Crippen LogP contribution in [-0.4, -0.2) is 42.0 Å². The number of halogens is 1. The van der Waals surface area contributed by atoms with E-state index >= 15 is 0 Å². The molecule has 1 saturated heterocycles. The average Bonchev–Trinajstić information content (AvgIpc) is 3.33. The van der Waals surface area contributed by atoms with Crippen molar-refractivity contribution in [2.24, 2.45) is 4.99 Å². The molecule has 0 aliphatic carbocycles. The normalized spacial score (nSPS) is 15.9. The molecule has 1 fully saturated rings. The molecule has 0 amide bonds. The molecule has 1 aliphatic rings. The number of rotatable bonds is 7. The molecule has 2 heterocycles. The summed E-state index contributed by atoms with van der Waals surface area (Å²) in [5, 5.41) is 7.98. The maximum Gasteiger partial charge on any atom is 0.191 e. The number of aryl methyl sites for hydroxylation is 2. The summed E-state index contributed by atoms with van der Waals surface area (Å²) in [4.78, 5) is 13.0. The van der Waals surface area contributed by atoms with Gasteiger partial charge in [-0.25, -0.2) is 9.98 Å². The molecule has 0 spiro atoms. The largest absolute Gasteiger partial charge is 0.357 e. The van der Waals surface area contributed by atoms with Gasteiger partial charge in [-0.05, 0) is 52.3 Å². The van der Waals surface area contributed by atoms with E-state index in [1.54, 1.807) is 11.3 Å². The van der Waals surface area contributed by atoms with Gasteiger partial charge in [0.1, 0.15) is 5.01 Å². The zero-order valence-electron chi connectivity index (χ0n) is 17.1. The number of likely N-dealkylation sites (tertiary alicyclic amines) is 1. The minimum absolute atomic E-state index is 0. The van der Waals surface area contributed by atoms with Gasteiger partial charge in [0.15, 0.2) is 5.96 Å². The predicted molar refractivity (Wildman–Crippen MR) is 130 cm³/mol. The van der Waals surface area contributed by atoms with Gasteiger partial charge in [0.25, 0.3) is 0 Å². The van der Waals surface area contributed by atoms with Gasteiger partial charge < -0.3 is 10.6 Å². The van der Waals surface area contributed by atoms with E-state index in [-0.39, 0.29) is 24.0 Å². The number of hydrogen-bond acceptors (Lipinski definition) is 4. The van der Waals surface area contributed by atoms with E-state index in [4.69, 9.17) is 4.99 Å². The smallest absolute Gasteiger partial charge is 0.191 e. The van der Waals surface area contributed by atoms with Crippen LogP contribution in [0.5, 0.6) is 0 Å². The van der Waals surface area contributed by atoms with E-state index in [9.17, 15) is 0 Å². The first-order valence-electron chi connectivity index (χ1n) is 9.90. The Balaban J connectivity index is 0.00000280. The molecule has 2 aromatic rings. The summed E-state index contributed by atoms with van der Waals surface area (Å²) in [6, 6.07) is 9.33. The Hall–Kier alpha value is -1.19. The summed E-state index contributed by atoms with van der Waals surface area (Å²) in [5.74, 6) is 0.863. The zero-order valence-corrected chi connectivity index (χ0v) is 20.2. The molecule has 7 heteroatoms. The summed E-state index contributed by atoms with van der Waals surface area (Å²) < 4.78 is 0. The third-order valence-electron chi connectivity index (χ3n) is 4.89. The van der Waals surface area contributed by atoms with Crippen LogP contribution < -0.4 is 10.6 Å². The van der Waals surface area contributed by atoms with Crippen LogP contribution in [0, 0.1) is 13.8 Å². The van der Waals surface area contributed by atoms with Crippen molar-refractivity contribution < 1.29 is 0 Å². The third-order valence-corrected chi connectivity index (χ3v) is 5.79. The first-order valence-corrected chi connectivity index (χ1v) is 10.7. The van der Waals surface area contributed by atoms with Crippen molar-refractivity contribution in [1.29, 1.82) is 0 Å². The lowest BCUT2D eigenvalue weighted by molar-refractivity contribution is 0.245. The quantitative estimate of drug-likeness (QED) is 0.330. The first kappa shape index (κ1) is 23.1. The van der Waals surface area contributed by atoms with Gasteiger partial charge >= 0.3 is 0 Å². The van der Waals surface area contributed by atoms with Gasteiger partial charge in [0, 0.05) is 24.2 Å². The van der Waals surface area contributed by atoms with Gasteiger partial charge in [0.2, 0.25) is 0 Å². The van der Waals surface area contributed by atoms with Crippen molar-refractivity contribution in [3.8, 4) is 0 Å². The Labute approximate surface area is 190 Å². The first-order chi connectivity index (χ1) is 13.2. The minimum Gasteiger partial charge on any atom is -0.357 e. The van der Waals surface area contributed by atoms with Crippen LogP contribution >= 0.6 is 35.3 Å². The maximum atomic E-state index is 4.73. The van der Waals surface area contributed by atoms with E-state index in [1.165, 1.54) is 41.9 Å². The van der Waals surface area contributed by atoms with E-state index in [0.717, 1.165) is 24.1 Å². The predicted octanol–water partition coefficient (Wildman–Crippen LogP) is 4.27. The van der Waals surface area contributed by atoms with Crippen molar-refractivity contribution in [2.75, 3.05) is 26.2 Å². The number of guanidine groups is 1. The molecule has 0 bridgehead atoms. The number of nitrogens with zero attached hydrogens (tertiary/aromatic N) is 3. The van der Waals surface area contributed by atoms with Crippen LogP contribution in [0.25, 0.3) is 0 Å². The average molecular weight is 513 g/mol. The molecule has 1 aliphatic heterocycles. The third kappa shape index (κ3) is 6.70. The number of thiazole rings is 1. The van der Waals surface area contributed by atoms with Crippen molar-refractivity contribution in [3.63, 3.8) is 0 Å². The van der Waals surface area contributed by atoms with Crippen LogP contribution in [0.15, 0.2) is 35.5 Å². The van der Waals surface area contributed by atoms with Crippen LogP contribution in [0.4, 0.5) is 0 Å². The summed E-state index contributed by atoms with van der Waals surface area (Å²) >= 11 is 1.71. The fraction of sp³-hybridized carbons (Fsp3) is 0.524. The number of hydrogen-bond donors (Lipinski definition) is 2. The van der Waals surface area contributed by atoms with Crippen LogP contribution in [-0.2, 0) is 6.54 Å². The Bertz CT molecular complexity index is 738. The monoisotopic (exact) mass is 513 g/mol. The molecule has 1 unspecified atom stereocenters. The molecule has 1 aromatic heterocycles. The van der Waals surface area contributed by atoms with Crippen molar-refractivity contribution in [3.05, 3.63) is 51.5 Å². The highest BCUT2D eigenvalue weighted by Gasteiger charge is 2.23. The molecule has 1 aromatic carbocycles. The van der Waals surface area contributed by atoms with Gasteiger partial charge in [0.05, 0.1) is 12.6 Å². The molecule has 1 atom stereocenters. The molecule has 154 valence electrons. The van der Waals surface area contributed by atoms with Crippen molar-refractivity contribution >= 4 is 41.3 Å². The van der Waals surface area contributed by atoms with E-state index < -0.39 is 0 Å². The van der Waals surface area contributed by atoms with Crippen molar-refractivity contribution in [2.45, 2.75) is 46.2 Å². The fourth-order valence-electron chi connectivity index (χ4n) is 3.46. The minimum atomic E-state index is 0. The molecule has 3 rings (SSSR count). The van der Waals surface area contributed by atoms with Gasteiger partial charge in [-0.3, -0.25) is 4.90 Å². The zero-order chi connectivity index (χ0) is 19.1. The Morgan fingerprint density at radius 3 is 2.50 bits per heavy atom. The van der Waals surface area contributed by atoms with E-state index in [2.05, 4.69) is 65.6 Å². The van der Waals surface area contributed by atoms with Crippen LogP contribution in [0.2, 0.25) is 0 Å². The second-order valence-corrected chi connectivity index (χ2v) is 8.43. The fourth-order valence-corrected chi connectivity index (χ4v) is 4.17. The topological polar surface area (TPSA) is 52.6 Å². The number of aliphatic imine (C=N–C) groups is 1. The summed E-state index contributed by atoms with van der Waals surface area (Å²) in [6.07, 6.45) is 4.50.